The van der Waals surface area contributed by atoms with Gasteiger partial charge in [0.15, 0.2) is 0 Å². The first-order valence-electron chi connectivity index (χ1n) is 8.36. The van der Waals surface area contributed by atoms with E-state index >= 15 is 0 Å². The molecule has 1 aromatic heterocycles. The van der Waals surface area contributed by atoms with E-state index in [-0.39, 0.29) is 6.03 Å². The van der Waals surface area contributed by atoms with E-state index in [4.69, 9.17) is 0 Å². The molecule has 1 atom stereocenters. The number of carbonyl (C=O) groups is 1. The van der Waals surface area contributed by atoms with E-state index in [2.05, 4.69) is 14.7 Å². The zero-order chi connectivity index (χ0) is 15.5. The monoisotopic (exact) mass is 305 g/mol. The Kier molecular flexibility index (Phi) is 4.66. The molecule has 2 aliphatic heterocycles. The third-order valence-corrected chi connectivity index (χ3v) is 4.76. The Hall–Kier alpha value is -1.56. The van der Waals surface area contributed by atoms with Crippen LogP contribution in [0.2, 0.25) is 0 Å². The molecule has 0 aromatic carbocycles. The molecule has 6 heteroatoms. The van der Waals surface area contributed by atoms with Gasteiger partial charge in [0.2, 0.25) is 0 Å². The molecule has 2 amide bonds. The molecule has 0 saturated carbocycles. The normalized spacial score (nSPS) is 22.5. The molecule has 6 nitrogen and oxygen atoms in total. The van der Waals surface area contributed by atoms with Gasteiger partial charge in [-0.25, -0.2) is 4.79 Å². The average Bonchev–Trinajstić information content (AvgIpc) is 3.01. The molecule has 0 unspecified atom stereocenters. The van der Waals surface area contributed by atoms with Gasteiger partial charge >= 0.3 is 6.03 Å². The van der Waals surface area contributed by atoms with Gasteiger partial charge < -0.3 is 14.7 Å². The van der Waals surface area contributed by atoms with Crippen LogP contribution in [0.25, 0.3) is 0 Å². The topological polar surface area (TPSA) is 44.6 Å². The van der Waals surface area contributed by atoms with Crippen molar-refractivity contribution in [1.29, 1.82) is 0 Å². The van der Waals surface area contributed by atoms with Crippen molar-refractivity contribution < 1.29 is 4.79 Å². The number of fused-ring (bicyclic) bond motifs is 1. The van der Waals surface area contributed by atoms with Crippen LogP contribution in [0.4, 0.5) is 4.79 Å². The maximum absolute atomic E-state index is 12.3. The van der Waals surface area contributed by atoms with Crippen molar-refractivity contribution in [3.63, 3.8) is 0 Å². The fourth-order valence-electron chi connectivity index (χ4n) is 3.54. The zero-order valence-electron chi connectivity index (χ0n) is 13.7. The SMILES string of the molecule is CN(C)C(=O)N1Cc2ccnn2[C@H](CCN2CCCCC2)C1. The molecule has 1 fully saturated rings. The number of piperidine rings is 1. The van der Waals surface area contributed by atoms with Crippen LogP contribution in [-0.4, -0.2) is 70.8 Å². The molecule has 1 aromatic rings. The Morgan fingerprint density at radius 3 is 2.82 bits per heavy atom. The number of rotatable bonds is 3. The zero-order valence-corrected chi connectivity index (χ0v) is 13.7. The number of amides is 2. The lowest BCUT2D eigenvalue weighted by Crippen LogP contribution is -2.46. The first-order valence-corrected chi connectivity index (χ1v) is 8.36. The molecule has 22 heavy (non-hydrogen) atoms. The summed E-state index contributed by atoms with van der Waals surface area (Å²) >= 11 is 0. The number of hydrogen-bond acceptors (Lipinski definition) is 3. The Morgan fingerprint density at radius 2 is 2.09 bits per heavy atom. The first kappa shape index (κ1) is 15.3. The van der Waals surface area contributed by atoms with Crippen LogP contribution in [0.3, 0.4) is 0 Å². The van der Waals surface area contributed by atoms with E-state index in [1.807, 2.05) is 31.3 Å². The van der Waals surface area contributed by atoms with E-state index in [0.717, 1.165) is 25.2 Å². The Morgan fingerprint density at radius 1 is 1.32 bits per heavy atom. The van der Waals surface area contributed by atoms with Crippen LogP contribution in [0.5, 0.6) is 0 Å². The van der Waals surface area contributed by atoms with Crippen LogP contribution in [-0.2, 0) is 6.54 Å². The average molecular weight is 305 g/mol. The summed E-state index contributed by atoms with van der Waals surface area (Å²) in [5.74, 6) is 0. The number of likely N-dealkylation sites (tertiary alicyclic amines) is 1. The van der Waals surface area contributed by atoms with Crippen LogP contribution in [0.1, 0.15) is 37.4 Å². The summed E-state index contributed by atoms with van der Waals surface area (Å²) in [6.07, 6.45) is 6.93. The quantitative estimate of drug-likeness (QED) is 0.855. The van der Waals surface area contributed by atoms with Gasteiger partial charge in [-0.3, -0.25) is 4.68 Å². The van der Waals surface area contributed by atoms with Crippen LogP contribution >= 0.6 is 0 Å². The second-order valence-electron chi connectivity index (χ2n) is 6.67. The largest absolute Gasteiger partial charge is 0.331 e. The van der Waals surface area contributed by atoms with Crippen LogP contribution in [0, 0.1) is 0 Å². The van der Waals surface area contributed by atoms with E-state index in [1.165, 1.54) is 32.4 Å². The summed E-state index contributed by atoms with van der Waals surface area (Å²) in [7, 11) is 3.63. The highest BCUT2D eigenvalue weighted by Gasteiger charge is 2.29. The lowest BCUT2D eigenvalue weighted by Gasteiger charge is -2.36. The number of aromatic nitrogens is 2. The van der Waals surface area contributed by atoms with Gasteiger partial charge in [0.1, 0.15) is 0 Å². The van der Waals surface area contributed by atoms with E-state index in [9.17, 15) is 4.79 Å². The molecule has 2 aliphatic rings. The minimum atomic E-state index is 0.0930. The van der Waals surface area contributed by atoms with Crippen LogP contribution in [0.15, 0.2) is 12.3 Å². The summed E-state index contributed by atoms with van der Waals surface area (Å²) in [4.78, 5) is 18.5. The standard InChI is InChI=1S/C16H27N5O/c1-18(2)16(22)20-12-14-6-8-17-21(14)15(13-20)7-11-19-9-4-3-5-10-19/h6,8,15H,3-5,7,9-13H2,1-2H3/t15-/m1/s1. The van der Waals surface area contributed by atoms with Gasteiger partial charge in [0, 0.05) is 33.4 Å². The molecule has 122 valence electrons. The summed E-state index contributed by atoms with van der Waals surface area (Å²) in [6, 6.07) is 2.42. The predicted octanol–water partition coefficient (Wildman–Crippen LogP) is 1.80. The molecular weight excluding hydrogens is 278 g/mol. The molecule has 0 spiro atoms. The maximum atomic E-state index is 12.3. The van der Waals surface area contributed by atoms with Gasteiger partial charge in [-0.1, -0.05) is 6.42 Å². The number of hydrogen-bond donors (Lipinski definition) is 0. The fourth-order valence-corrected chi connectivity index (χ4v) is 3.54. The minimum Gasteiger partial charge on any atom is -0.331 e. The van der Waals surface area contributed by atoms with E-state index in [0.29, 0.717) is 12.6 Å². The molecule has 0 N–H and O–H groups in total. The van der Waals surface area contributed by atoms with Gasteiger partial charge in [-0.15, -0.1) is 0 Å². The predicted molar refractivity (Wildman–Crippen MR) is 85.7 cm³/mol. The minimum absolute atomic E-state index is 0.0930. The Labute approximate surface area is 132 Å². The van der Waals surface area contributed by atoms with E-state index in [1.54, 1.807) is 4.90 Å². The molecule has 0 aliphatic carbocycles. The van der Waals surface area contributed by atoms with Gasteiger partial charge in [-0.2, -0.15) is 5.10 Å². The first-order chi connectivity index (χ1) is 10.6. The highest BCUT2D eigenvalue weighted by molar-refractivity contribution is 5.74. The van der Waals surface area contributed by atoms with Crippen molar-refractivity contribution in [2.24, 2.45) is 0 Å². The second kappa shape index (κ2) is 6.69. The third-order valence-electron chi connectivity index (χ3n) is 4.76. The highest BCUT2D eigenvalue weighted by Crippen LogP contribution is 2.24. The van der Waals surface area contributed by atoms with Crippen molar-refractivity contribution in [3.05, 3.63) is 18.0 Å². The number of nitrogens with zero attached hydrogens (tertiary/aromatic N) is 5. The second-order valence-corrected chi connectivity index (χ2v) is 6.67. The number of carbonyl (C=O) groups excluding carboxylic acids is 1. The molecule has 0 radical (unpaired) electrons. The molecular formula is C16H27N5O. The highest BCUT2D eigenvalue weighted by atomic mass is 16.2. The molecule has 3 heterocycles. The Balaban J connectivity index is 1.65. The van der Waals surface area contributed by atoms with E-state index < -0.39 is 0 Å². The van der Waals surface area contributed by atoms with Gasteiger partial charge in [0.05, 0.1) is 18.3 Å². The smallest absolute Gasteiger partial charge is 0.319 e. The Bertz CT molecular complexity index is 506. The summed E-state index contributed by atoms with van der Waals surface area (Å²) in [5, 5.41) is 4.49. The van der Waals surface area contributed by atoms with Crippen LogP contribution < -0.4 is 0 Å². The lowest BCUT2D eigenvalue weighted by molar-refractivity contribution is 0.132. The van der Waals surface area contributed by atoms with Gasteiger partial charge in [-0.05, 0) is 38.4 Å². The van der Waals surface area contributed by atoms with Crippen molar-refractivity contribution in [2.45, 2.75) is 38.3 Å². The summed E-state index contributed by atoms with van der Waals surface area (Å²) < 4.78 is 2.13. The summed E-state index contributed by atoms with van der Waals surface area (Å²) in [5.41, 5.74) is 1.14. The van der Waals surface area contributed by atoms with Gasteiger partial charge in [0.25, 0.3) is 0 Å². The fraction of sp³-hybridized carbons (Fsp3) is 0.750. The maximum Gasteiger partial charge on any atom is 0.319 e. The van der Waals surface area contributed by atoms with Crippen molar-refractivity contribution in [1.82, 2.24) is 24.5 Å². The molecule has 0 bridgehead atoms. The molecule has 3 rings (SSSR count). The number of urea groups is 1. The van der Waals surface area contributed by atoms with Crippen molar-refractivity contribution in [2.75, 3.05) is 40.3 Å². The third kappa shape index (κ3) is 3.27. The van der Waals surface area contributed by atoms with Crippen molar-refractivity contribution in [3.8, 4) is 0 Å². The van der Waals surface area contributed by atoms with Crippen molar-refractivity contribution >= 4 is 6.03 Å². The lowest BCUT2D eigenvalue weighted by atomic mass is 10.1. The summed E-state index contributed by atoms with van der Waals surface area (Å²) in [6.45, 7) is 4.97. The molecule has 1 saturated heterocycles.